The average molecular weight is 669 g/mol. The summed E-state index contributed by atoms with van der Waals surface area (Å²) in [6.45, 7) is 6.15. The van der Waals surface area contributed by atoms with Crippen molar-refractivity contribution in [3.05, 3.63) is 99.1 Å². The average Bonchev–Trinajstić information content (AvgIpc) is 3.37. The van der Waals surface area contributed by atoms with E-state index in [1.165, 1.54) is 0 Å². The number of aliphatic hydroxyl groups excluding tert-OH is 1. The van der Waals surface area contributed by atoms with Gasteiger partial charge in [0.2, 0.25) is 5.91 Å². The largest absolute Gasteiger partial charge is 0.395 e. The van der Waals surface area contributed by atoms with E-state index in [2.05, 4.69) is 22.6 Å². The number of ether oxygens (including phenoxy) is 1. The maximum absolute atomic E-state index is 14.4. The van der Waals surface area contributed by atoms with Crippen molar-refractivity contribution in [1.82, 2.24) is 4.90 Å². The van der Waals surface area contributed by atoms with E-state index >= 15 is 0 Å². The lowest BCUT2D eigenvalue weighted by Crippen LogP contribution is -2.46. The quantitative estimate of drug-likeness (QED) is 0.318. The molecule has 2 amide bonds. The molecule has 2 heterocycles. The third-order valence-corrected chi connectivity index (χ3v) is 9.18. The molecule has 216 valence electrons. The third-order valence-electron chi connectivity index (χ3n) is 8.46. The molecular weight excluding hydrogens is 631 g/mol. The van der Waals surface area contributed by atoms with Crippen molar-refractivity contribution in [1.29, 1.82) is 0 Å². The fraction of sp³-hybridized carbons (Fsp3) is 0.394. The van der Waals surface area contributed by atoms with Gasteiger partial charge in [-0.3, -0.25) is 9.59 Å². The molecule has 0 saturated carbocycles. The Labute approximate surface area is 255 Å². The monoisotopic (exact) mass is 668 g/mol. The van der Waals surface area contributed by atoms with Crippen molar-refractivity contribution in [2.24, 2.45) is 11.8 Å². The molecule has 7 nitrogen and oxygen atoms in total. The molecule has 2 aliphatic rings. The molecule has 0 aliphatic carbocycles. The number of amides is 2. The molecule has 0 aromatic heterocycles. The van der Waals surface area contributed by atoms with E-state index < -0.39 is 29.1 Å². The fourth-order valence-corrected chi connectivity index (χ4v) is 7.04. The Morgan fingerprint density at radius 2 is 1.68 bits per heavy atom. The summed E-state index contributed by atoms with van der Waals surface area (Å²) in [5.41, 5.74) is 0.975. The summed E-state index contributed by atoms with van der Waals surface area (Å²) >= 11 is 2.26. The Morgan fingerprint density at radius 1 is 1.02 bits per heavy atom. The van der Waals surface area contributed by atoms with E-state index in [1.807, 2.05) is 85.8 Å². The molecule has 41 heavy (non-hydrogen) atoms. The molecule has 5 rings (SSSR count). The van der Waals surface area contributed by atoms with E-state index in [0.717, 1.165) is 25.9 Å². The number of carbonyl (C=O) groups is 2. The molecule has 1 saturated heterocycles. The highest BCUT2D eigenvalue weighted by atomic mass is 127. The molecule has 2 N–H and O–H groups in total. The zero-order valence-corrected chi connectivity index (χ0v) is 25.8. The molecule has 8 heteroatoms. The number of nitrogens with zero attached hydrogens (tertiary/aromatic N) is 2. The number of aliphatic hydroxyl groups is 2. The zero-order chi connectivity index (χ0) is 29.4. The van der Waals surface area contributed by atoms with Crippen LogP contribution in [-0.2, 0) is 33.0 Å². The first-order valence-corrected chi connectivity index (χ1v) is 15.1. The second kappa shape index (κ2) is 11.8. The van der Waals surface area contributed by atoms with Crippen molar-refractivity contribution in [2.45, 2.75) is 57.6 Å². The predicted molar refractivity (Wildman–Crippen MR) is 166 cm³/mol. The Kier molecular flexibility index (Phi) is 8.57. The van der Waals surface area contributed by atoms with Crippen molar-refractivity contribution < 1.29 is 24.5 Å². The van der Waals surface area contributed by atoms with Crippen molar-refractivity contribution in [2.75, 3.05) is 18.1 Å². The van der Waals surface area contributed by atoms with Gasteiger partial charge in [0.15, 0.2) is 5.60 Å². The van der Waals surface area contributed by atoms with E-state index in [-0.39, 0.29) is 31.4 Å². The van der Waals surface area contributed by atoms with Crippen LogP contribution in [-0.4, -0.2) is 51.8 Å². The molecule has 3 aromatic rings. The standard InChI is InChI=1S/C33H37IN2O5/c1-22-30(32(2,3)40)28(19-29(38)35(17-18-37)20-23-9-5-4-6-10-23)41-33(22)26-11-7-8-12-27(26)36(31(33)39)21-24-13-15-25(34)16-14-24/h4-16,22,28,30,37,40H,17-21H2,1-3H3/t22-,28+,30-,33+/m1/s1. The van der Waals surface area contributed by atoms with Gasteiger partial charge in [-0.1, -0.05) is 67.6 Å². The summed E-state index contributed by atoms with van der Waals surface area (Å²) in [5.74, 6) is -1.27. The van der Waals surface area contributed by atoms with Gasteiger partial charge in [0.1, 0.15) is 0 Å². The van der Waals surface area contributed by atoms with Gasteiger partial charge in [0.05, 0.1) is 37.0 Å². The Morgan fingerprint density at radius 3 is 2.34 bits per heavy atom. The number of hydrogen-bond acceptors (Lipinski definition) is 5. The summed E-state index contributed by atoms with van der Waals surface area (Å²) in [7, 11) is 0. The summed E-state index contributed by atoms with van der Waals surface area (Å²) in [4.78, 5) is 31.5. The topological polar surface area (TPSA) is 90.3 Å². The van der Waals surface area contributed by atoms with Crippen LogP contribution in [0.15, 0.2) is 78.9 Å². The highest BCUT2D eigenvalue weighted by Gasteiger charge is 2.66. The van der Waals surface area contributed by atoms with E-state index in [0.29, 0.717) is 13.1 Å². The van der Waals surface area contributed by atoms with Crippen LogP contribution in [0.3, 0.4) is 0 Å². The Bertz CT molecular complexity index is 1390. The molecule has 4 atom stereocenters. The number of anilines is 1. The number of para-hydroxylation sites is 1. The van der Waals surface area contributed by atoms with Crippen LogP contribution in [0.2, 0.25) is 0 Å². The predicted octanol–water partition coefficient (Wildman–Crippen LogP) is 4.87. The molecular formula is C33H37IN2O5. The van der Waals surface area contributed by atoms with Crippen LogP contribution < -0.4 is 4.90 Å². The summed E-state index contributed by atoms with van der Waals surface area (Å²) in [5, 5.41) is 21.1. The number of carbonyl (C=O) groups excluding carboxylic acids is 2. The van der Waals surface area contributed by atoms with Crippen LogP contribution in [0, 0.1) is 15.4 Å². The van der Waals surface area contributed by atoms with Gasteiger partial charge >= 0.3 is 0 Å². The molecule has 3 aromatic carbocycles. The highest BCUT2D eigenvalue weighted by molar-refractivity contribution is 14.1. The highest BCUT2D eigenvalue weighted by Crippen LogP contribution is 2.58. The Hall–Kier alpha value is -2.79. The lowest BCUT2D eigenvalue weighted by Gasteiger charge is -2.34. The number of benzene rings is 3. The van der Waals surface area contributed by atoms with E-state index in [1.54, 1.807) is 23.6 Å². The second-order valence-electron chi connectivity index (χ2n) is 11.6. The van der Waals surface area contributed by atoms with Crippen LogP contribution in [0.5, 0.6) is 0 Å². The summed E-state index contributed by atoms with van der Waals surface area (Å²) in [6.07, 6.45) is -0.718. The summed E-state index contributed by atoms with van der Waals surface area (Å²) in [6, 6.07) is 25.4. The summed E-state index contributed by atoms with van der Waals surface area (Å²) < 4.78 is 7.89. The van der Waals surface area contributed by atoms with Gasteiger partial charge < -0.3 is 24.7 Å². The second-order valence-corrected chi connectivity index (χ2v) is 12.9. The van der Waals surface area contributed by atoms with Gasteiger partial charge in [-0.15, -0.1) is 0 Å². The lowest BCUT2D eigenvalue weighted by atomic mass is 9.71. The molecule has 2 aliphatic heterocycles. The Balaban J connectivity index is 1.48. The van der Waals surface area contributed by atoms with Gasteiger partial charge in [-0.25, -0.2) is 0 Å². The minimum absolute atomic E-state index is 0.0137. The van der Waals surface area contributed by atoms with Crippen LogP contribution in [0.25, 0.3) is 0 Å². The van der Waals surface area contributed by atoms with E-state index in [4.69, 9.17) is 4.74 Å². The molecule has 1 spiro atoms. The van der Waals surface area contributed by atoms with Crippen LogP contribution in [0.4, 0.5) is 5.69 Å². The van der Waals surface area contributed by atoms with E-state index in [9.17, 15) is 19.8 Å². The van der Waals surface area contributed by atoms with Gasteiger partial charge in [0.25, 0.3) is 5.91 Å². The molecule has 0 bridgehead atoms. The number of hydrogen-bond donors (Lipinski definition) is 2. The minimum Gasteiger partial charge on any atom is -0.395 e. The zero-order valence-electron chi connectivity index (χ0n) is 23.7. The van der Waals surface area contributed by atoms with Gasteiger partial charge in [-0.05, 0) is 65.8 Å². The van der Waals surface area contributed by atoms with Crippen molar-refractivity contribution in [3.63, 3.8) is 0 Å². The van der Waals surface area contributed by atoms with Crippen LogP contribution in [0.1, 0.15) is 43.9 Å². The first-order valence-electron chi connectivity index (χ1n) is 14.0. The minimum atomic E-state index is -1.32. The SMILES string of the molecule is C[C@@H]1[C@@H](C(C)(C)O)[C@H](CC(=O)N(CCO)Cc2ccccc2)O[C@@]12C(=O)N(Cc1ccc(I)cc1)c1ccccc12. The first kappa shape index (κ1) is 29.7. The molecule has 0 radical (unpaired) electrons. The number of halogens is 1. The van der Waals surface area contributed by atoms with Crippen LogP contribution >= 0.6 is 22.6 Å². The van der Waals surface area contributed by atoms with Crippen molar-refractivity contribution >= 4 is 40.1 Å². The lowest BCUT2D eigenvalue weighted by molar-refractivity contribution is -0.150. The molecule has 0 unspecified atom stereocenters. The fourth-order valence-electron chi connectivity index (χ4n) is 6.68. The van der Waals surface area contributed by atoms with Gasteiger partial charge in [0, 0.05) is 34.1 Å². The number of rotatable bonds is 9. The van der Waals surface area contributed by atoms with Gasteiger partial charge in [-0.2, -0.15) is 0 Å². The third kappa shape index (κ3) is 5.67. The van der Waals surface area contributed by atoms with Crippen molar-refractivity contribution in [3.8, 4) is 0 Å². The maximum Gasteiger partial charge on any atom is 0.264 e. The number of fused-ring (bicyclic) bond motifs is 2. The smallest absolute Gasteiger partial charge is 0.264 e. The first-order chi connectivity index (χ1) is 19.6. The molecule has 1 fully saturated rings. The maximum atomic E-state index is 14.4. The normalized spacial score (nSPS) is 23.7.